The number of nitrogens with zero attached hydrogens (tertiary/aromatic N) is 1. The number of H-pyrrole nitrogens is 1. The number of hydrogen-bond donors (Lipinski definition) is 2. The molecule has 1 saturated heterocycles. The van der Waals surface area contributed by atoms with E-state index in [4.69, 9.17) is 9.84 Å². The molecule has 6 heteroatoms. The molecular weight excluding hydrogens is 224 g/mol. The predicted molar refractivity (Wildman–Crippen MR) is 60.7 cm³/mol. The van der Waals surface area contributed by atoms with Crippen LogP contribution in [0.4, 0.5) is 0 Å². The van der Waals surface area contributed by atoms with Crippen molar-refractivity contribution in [2.24, 2.45) is 5.41 Å². The Morgan fingerprint density at radius 1 is 1.59 bits per heavy atom. The van der Waals surface area contributed by atoms with E-state index in [2.05, 4.69) is 4.98 Å². The van der Waals surface area contributed by atoms with Crippen molar-refractivity contribution in [3.05, 3.63) is 33.1 Å². The summed E-state index contributed by atoms with van der Waals surface area (Å²) in [4.78, 5) is 24.9. The molecule has 2 unspecified atom stereocenters. The Morgan fingerprint density at radius 3 is 2.82 bits per heavy atom. The number of rotatable bonds is 2. The number of nitrogens with one attached hydrogen (secondary N) is 1. The van der Waals surface area contributed by atoms with Gasteiger partial charge in [-0.05, 0) is 6.42 Å². The van der Waals surface area contributed by atoms with Crippen LogP contribution in [0.2, 0.25) is 0 Å². The van der Waals surface area contributed by atoms with Gasteiger partial charge in [0.1, 0.15) is 6.23 Å². The Hall–Kier alpha value is -1.40. The Bertz CT molecular complexity index is 517. The van der Waals surface area contributed by atoms with Gasteiger partial charge in [0.2, 0.25) is 0 Å². The molecule has 0 spiro atoms. The fourth-order valence-corrected chi connectivity index (χ4v) is 2.26. The summed E-state index contributed by atoms with van der Waals surface area (Å²) in [5.41, 5.74) is -1.19. The van der Waals surface area contributed by atoms with Gasteiger partial charge in [0.25, 0.3) is 5.56 Å². The van der Waals surface area contributed by atoms with E-state index in [0.29, 0.717) is 6.42 Å². The molecule has 2 heterocycles. The van der Waals surface area contributed by atoms with E-state index in [1.165, 1.54) is 16.8 Å². The third-order valence-electron chi connectivity index (χ3n) is 3.05. The standard InChI is InChI=1S/C11H16N2O4/c1-11(2)5-7(6-14)17-9(11)13-4-3-8(15)12-10(13)16/h3-4,7,9,14H,5-6H2,1-2H3,(H,12,15,16). The monoisotopic (exact) mass is 240 g/mol. The molecular formula is C11H16N2O4. The number of hydrogen-bond acceptors (Lipinski definition) is 4. The predicted octanol–water partition coefficient (Wildman–Crippen LogP) is -0.157. The lowest BCUT2D eigenvalue weighted by Gasteiger charge is -2.26. The average molecular weight is 240 g/mol. The van der Waals surface area contributed by atoms with Crippen molar-refractivity contribution in [2.45, 2.75) is 32.6 Å². The van der Waals surface area contributed by atoms with Crippen LogP contribution in [0.1, 0.15) is 26.5 Å². The first kappa shape index (κ1) is 12.1. The molecule has 0 amide bonds. The fourth-order valence-electron chi connectivity index (χ4n) is 2.26. The minimum atomic E-state index is -0.492. The highest BCUT2D eigenvalue weighted by Crippen LogP contribution is 2.43. The second-order valence-electron chi connectivity index (χ2n) is 5.00. The molecule has 0 aromatic carbocycles. The third-order valence-corrected chi connectivity index (χ3v) is 3.05. The lowest BCUT2D eigenvalue weighted by Crippen LogP contribution is -2.35. The molecule has 1 aromatic heterocycles. The first-order valence-corrected chi connectivity index (χ1v) is 5.52. The summed E-state index contributed by atoms with van der Waals surface area (Å²) >= 11 is 0. The molecule has 17 heavy (non-hydrogen) atoms. The molecule has 1 aromatic rings. The van der Waals surface area contributed by atoms with Crippen LogP contribution in [0.3, 0.4) is 0 Å². The van der Waals surface area contributed by atoms with E-state index >= 15 is 0 Å². The van der Waals surface area contributed by atoms with Gasteiger partial charge in [-0.2, -0.15) is 0 Å². The Kier molecular flexibility index (Phi) is 2.92. The topological polar surface area (TPSA) is 84.3 Å². The van der Waals surface area contributed by atoms with Crippen molar-refractivity contribution in [1.29, 1.82) is 0 Å². The summed E-state index contributed by atoms with van der Waals surface area (Å²) in [6.45, 7) is 3.85. The van der Waals surface area contributed by atoms with Crippen LogP contribution in [-0.2, 0) is 4.74 Å². The molecule has 6 nitrogen and oxygen atoms in total. The minimum absolute atomic E-state index is 0.0714. The molecule has 1 aliphatic heterocycles. The van der Waals surface area contributed by atoms with Crippen molar-refractivity contribution in [1.82, 2.24) is 9.55 Å². The molecule has 0 aliphatic carbocycles. The zero-order valence-electron chi connectivity index (χ0n) is 9.84. The lowest BCUT2D eigenvalue weighted by molar-refractivity contribution is -0.0493. The second kappa shape index (κ2) is 4.12. The van der Waals surface area contributed by atoms with Crippen LogP contribution in [0.15, 0.2) is 21.9 Å². The zero-order valence-corrected chi connectivity index (χ0v) is 9.84. The van der Waals surface area contributed by atoms with Gasteiger partial charge in [-0.25, -0.2) is 4.79 Å². The Morgan fingerprint density at radius 2 is 2.29 bits per heavy atom. The fraction of sp³-hybridized carbons (Fsp3) is 0.636. The van der Waals surface area contributed by atoms with Crippen LogP contribution >= 0.6 is 0 Å². The highest BCUT2D eigenvalue weighted by Gasteiger charge is 2.42. The highest BCUT2D eigenvalue weighted by atomic mass is 16.5. The first-order valence-electron chi connectivity index (χ1n) is 5.52. The number of aliphatic hydroxyl groups is 1. The molecule has 1 aliphatic rings. The van der Waals surface area contributed by atoms with Crippen molar-refractivity contribution in [3.63, 3.8) is 0 Å². The molecule has 2 rings (SSSR count). The van der Waals surface area contributed by atoms with Gasteiger partial charge in [-0.1, -0.05) is 13.8 Å². The molecule has 2 atom stereocenters. The van der Waals surface area contributed by atoms with Gasteiger partial charge < -0.3 is 9.84 Å². The molecule has 1 fully saturated rings. The van der Waals surface area contributed by atoms with Crippen LogP contribution in [0.5, 0.6) is 0 Å². The van der Waals surface area contributed by atoms with Crippen molar-refractivity contribution in [3.8, 4) is 0 Å². The van der Waals surface area contributed by atoms with Gasteiger partial charge in [0.15, 0.2) is 0 Å². The number of aliphatic hydroxyl groups excluding tert-OH is 1. The SMILES string of the molecule is CC1(C)CC(CO)OC1n1ccc(=O)[nH]c1=O. The van der Waals surface area contributed by atoms with Crippen LogP contribution in [-0.4, -0.2) is 27.4 Å². The molecule has 0 radical (unpaired) electrons. The van der Waals surface area contributed by atoms with Gasteiger partial charge >= 0.3 is 5.69 Å². The third kappa shape index (κ3) is 2.18. The largest absolute Gasteiger partial charge is 0.394 e. The summed E-state index contributed by atoms with van der Waals surface area (Å²) in [6, 6.07) is 1.28. The molecule has 0 bridgehead atoms. The number of aromatic nitrogens is 2. The highest BCUT2D eigenvalue weighted by molar-refractivity contribution is 4.92. The number of aromatic amines is 1. The van der Waals surface area contributed by atoms with Gasteiger partial charge in [-0.3, -0.25) is 14.3 Å². The summed E-state index contributed by atoms with van der Waals surface area (Å²) in [5.74, 6) is 0. The van der Waals surface area contributed by atoms with Crippen molar-refractivity contribution in [2.75, 3.05) is 6.61 Å². The summed E-state index contributed by atoms with van der Waals surface area (Å²) in [6.07, 6.45) is 1.35. The van der Waals surface area contributed by atoms with E-state index in [1.54, 1.807) is 0 Å². The average Bonchev–Trinajstić information content (AvgIpc) is 2.54. The van der Waals surface area contributed by atoms with E-state index < -0.39 is 17.5 Å². The van der Waals surface area contributed by atoms with Crippen molar-refractivity contribution >= 4 is 0 Å². The zero-order chi connectivity index (χ0) is 12.6. The number of ether oxygens (including phenoxy) is 1. The molecule has 94 valence electrons. The summed E-state index contributed by atoms with van der Waals surface area (Å²) in [7, 11) is 0. The second-order valence-corrected chi connectivity index (χ2v) is 5.00. The Labute approximate surface area is 97.9 Å². The van der Waals surface area contributed by atoms with Crippen LogP contribution in [0.25, 0.3) is 0 Å². The Balaban J connectivity index is 2.40. The summed E-state index contributed by atoms with van der Waals surface area (Å²) < 4.78 is 6.98. The minimum Gasteiger partial charge on any atom is -0.394 e. The maximum atomic E-state index is 11.7. The molecule has 0 saturated carbocycles. The lowest BCUT2D eigenvalue weighted by atomic mass is 9.87. The van der Waals surface area contributed by atoms with E-state index in [1.807, 2.05) is 13.8 Å². The van der Waals surface area contributed by atoms with Crippen molar-refractivity contribution < 1.29 is 9.84 Å². The van der Waals surface area contributed by atoms with Crippen LogP contribution < -0.4 is 11.2 Å². The maximum Gasteiger partial charge on any atom is 0.330 e. The quantitative estimate of drug-likeness (QED) is 0.752. The summed E-state index contributed by atoms with van der Waals surface area (Å²) in [5, 5.41) is 9.11. The molecule has 2 N–H and O–H groups in total. The van der Waals surface area contributed by atoms with Gasteiger partial charge in [0.05, 0.1) is 12.7 Å². The maximum absolute atomic E-state index is 11.7. The first-order chi connectivity index (χ1) is 7.94. The van der Waals surface area contributed by atoms with Gasteiger partial charge in [0, 0.05) is 17.7 Å². The smallest absolute Gasteiger partial charge is 0.330 e. The van der Waals surface area contributed by atoms with E-state index in [-0.39, 0.29) is 18.1 Å². The van der Waals surface area contributed by atoms with Gasteiger partial charge in [-0.15, -0.1) is 0 Å². The van der Waals surface area contributed by atoms with E-state index in [9.17, 15) is 9.59 Å². The normalized spacial score (nSPS) is 27.2. The van der Waals surface area contributed by atoms with E-state index in [0.717, 1.165) is 0 Å². The van der Waals surface area contributed by atoms with Crippen LogP contribution in [0, 0.1) is 5.41 Å².